The van der Waals surface area contributed by atoms with Crippen molar-refractivity contribution < 1.29 is 0 Å². The summed E-state index contributed by atoms with van der Waals surface area (Å²) in [5, 5.41) is 0. The predicted octanol–water partition coefficient (Wildman–Crippen LogP) is 0.277. The molecule has 0 aromatic carbocycles. The predicted molar refractivity (Wildman–Crippen MR) is 52.3 cm³/mol. The maximum absolute atomic E-state index is 11.3. The van der Waals surface area contributed by atoms with Crippen molar-refractivity contribution in [1.82, 2.24) is 9.97 Å². The summed E-state index contributed by atoms with van der Waals surface area (Å²) in [7, 11) is 0. The summed E-state index contributed by atoms with van der Waals surface area (Å²) in [6.45, 7) is 2.05. The molecule has 0 saturated carbocycles. The summed E-state index contributed by atoms with van der Waals surface area (Å²) >= 11 is 0. The van der Waals surface area contributed by atoms with Gasteiger partial charge in [0.15, 0.2) is 0 Å². The minimum Gasteiger partial charge on any atom is -0.383 e. The lowest BCUT2D eigenvalue weighted by Crippen LogP contribution is -2.19. The van der Waals surface area contributed by atoms with Gasteiger partial charge in [0, 0.05) is 0 Å². The molecule has 0 atom stereocenters. The highest BCUT2D eigenvalue weighted by Gasteiger charge is 2.06. The molecule has 1 aromatic rings. The first-order chi connectivity index (χ1) is 6.15. The highest BCUT2D eigenvalue weighted by atomic mass is 16.1. The number of aromatic amines is 1. The third kappa shape index (κ3) is 2.21. The van der Waals surface area contributed by atoms with Crippen LogP contribution in [-0.4, -0.2) is 9.97 Å². The molecule has 1 rings (SSSR count). The molecule has 0 aliphatic heterocycles. The second-order valence-electron chi connectivity index (χ2n) is 2.92. The van der Waals surface area contributed by atoms with E-state index in [-0.39, 0.29) is 17.3 Å². The molecule has 1 aromatic heterocycles. The van der Waals surface area contributed by atoms with Crippen LogP contribution < -0.4 is 17.0 Å². The monoisotopic (exact) mass is 182 g/mol. The fraction of sp³-hybridized carbons (Fsp3) is 0.500. The maximum Gasteiger partial charge on any atom is 0.257 e. The zero-order valence-corrected chi connectivity index (χ0v) is 7.63. The number of rotatable bonds is 3. The molecule has 0 aliphatic carbocycles. The lowest BCUT2D eigenvalue weighted by Gasteiger charge is -2.02. The van der Waals surface area contributed by atoms with Gasteiger partial charge in [0.25, 0.3) is 5.56 Å². The molecule has 0 saturated heterocycles. The number of nitrogens with two attached hydrogens (primary N) is 2. The van der Waals surface area contributed by atoms with Crippen LogP contribution in [0.5, 0.6) is 0 Å². The Morgan fingerprint density at radius 2 is 2.15 bits per heavy atom. The van der Waals surface area contributed by atoms with Crippen molar-refractivity contribution in [3.8, 4) is 0 Å². The van der Waals surface area contributed by atoms with E-state index in [0.717, 1.165) is 12.8 Å². The van der Waals surface area contributed by atoms with Crippen LogP contribution in [0.2, 0.25) is 0 Å². The number of hydrogen-bond donors (Lipinski definition) is 3. The van der Waals surface area contributed by atoms with Crippen molar-refractivity contribution in [3.63, 3.8) is 0 Å². The molecule has 0 bridgehead atoms. The average Bonchev–Trinajstić information content (AvgIpc) is 2.02. The first kappa shape index (κ1) is 9.57. The van der Waals surface area contributed by atoms with Crippen molar-refractivity contribution in [2.24, 2.45) is 0 Å². The van der Waals surface area contributed by atoms with E-state index in [2.05, 4.69) is 16.9 Å². The number of nitrogen functional groups attached to an aromatic ring is 2. The number of H-pyrrole nitrogens is 1. The average molecular weight is 182 g/mol. The maximum atomic E-state index is 11.3. The van der Waals surface area contributed by atoms with E-state index in [0.29, 0.717) is 12.0 Å². The standard InChI is InChI=1S/C8H14N4O/c1-2-3-4-5-6(9)11-8(10)12-7(5)13/h2-4H2,1H3,(H5,9,10,11,12,13). The van der Waals surface area contributed by atoms with E-state index < -0.39 is 0 Å². The molecule has 5 heteroatoms. The van der Waals surface area contributed by atoms with Gasteiger partial charge in [-0.25, -0.2) is 0 Å². The van der Waals surface area contributed by atoms with Gasteiger partial charge in [0.1, 0.15) is 5.82 Å². The van der Waals surface area contributed by atoms with Crippen molar-refractivity contribution in [3.05, 3.63) is 15.9 Å². The van der Waals surface area contributed by atoms with Gasteiger partial charge in [-0.3, -0.25) is 9.78 Å². The quantitative estimate of drug-likeness (QED) is 0.625. The van der Waals surface area contributed by atoms with Gasteiger partial charge in [-0.2, -0.15) is 4.98 Å². The van der Waals surface area contributed by atoms with Crippen LogP contribution in [-0.2, 0) is 6.42 Å². The number of nitrogens with one attached hydrogen (secondary N) is 1. The third-order valence-electron chi connectivity index (χ3n) is 1.85. The Kier molecular flexibility index (Phi) is 2.89. The third-order valence-corrected chi connectivity index (χ3v) is 1.85. The van der Waals surface area contributed by atoms with Crippen molar-refractivity contribution in [1.29, 1.82) is 0 Å². The summed E-state index contributed by atoms with van der Waals surface area (Å²) in [6.07, 6.45) is 2.60. The van der Waals surface area contributed by atoms with Gasteiger partial charge < -0.3 is 11.5 Å². The summed E-state index contributed by atoms with van der Waals surface area (Å²) in [5.74, 6) is 0.317. The first-order valence-electron chi connectivity index (χ1n) is 4.29. The van der Waals surface area contributed by atoms with E-state index in [1.54, 1.807) is 0 Å². The highest BCUT2D eigenvalue weighted by Crippen LogP contribution is 2.07. The fourth-order valence-electron chi connectivity index (χ4n) is 1.13. The highest BCUT2D eigenvalue weighted by molar-refractivity contribution is 5.41. The topological polar surface area (TPSA) is 97.8 Å². The van der Waals surface area contributed by atoms with Crippen LogP contribution in [0.15, 0.2) is 4.79 Å². The van der Waals surface area contributed by atoms with Gasteiger partial charge in [0.05, 0.1) is 5.56 Å². The van der Waals surface area contributed by atoms with Crippen LogP contribution in [0.3, 0.4) is 0 Å². The van der Waals surface area contributed by atoms with Gasteiger partial charge >= 0.3 is 0 Å². The SMILES string of the molecule is CCCCc1c(N)nc(N)[nH]c1=O. The number of nitrogens with zero attached hydrogens (tertiary/aromatic N) is 1. The first-order valence-corrected chi connectivity index (χ1v) is 4.29. The lowest BCUT2D eigenvalue weighted by molar-refractivity contribution is 0.784. The summed E-state index contributed by atoms with van der Waals surface area (Å²) in [4.78, 5) is 17.5. The Morgan fingerprint density at radius 1 is 1.46 bits per heavy atom. The number of hydrogen-bond acceptors (Lipinski definition) is 4. The molecule has 0 radical (unpaired) electrons. The van der Waals surface area contributed by atoms with Crippen molar-refractivity contribution >= 4 is 11.8 Å². The van der Waals surface area contributed by atoms with Gasteiger partial charge in [-0.15, -0.1) is 0 Å². The summed E-state index contributed by atoms with van der Waals surface area (Å²) in [5.41, 5.74) is 11.2. The Morgan fingerprint density at radius 3 is 2.69 bits per heavy atom. The van der Waals surface area contributed by atoms with E-state index >= 15 is 0 Å². The van der Waals surface area contributed by atoms with Crippen LogP contribution in [0, 0.1) is 0 Å². The molecule has 0 aliphatic rings. The summed E-state index contributed by atoms with van der Waals surface area (Å²) in [6, 6.07) is 0. The zero-order valence-electron chi connectivity index (χ0n) is 7.63. The fourth-order valence-corrected chi connectivity index (χ4v) is 1.13. The Labute approximate surface area is 76.2 Å². The van der Waals surface area contributed by atoms with Crippen molar-refractivity contribution in [2.45, 2.75) is 26.2 Å². The molecular formula is C8H14N4O. The second-order valence-corrected chi connectivity index (χ2v) is 2.92. The molecule has 0 spiro atoms. The number of aromatic nitrogens is 2. The molecule has 1 heterocycles. The number of anilines is 2. The zero-order chi connectivity index (χ0) is 9.84. The van der Waals surface area contributed by atoms with Gasteiger partial charge in [-0.1, -0.05) is 13.3 Å². The van der Waals surface area contributed by atoms with E-state index in [1.807, 2.05) is 0 Å². The molecule has 5 N–H and O–H groups in total. The molecule has 13 heavy (non-hydrogen) atoms. The minimum atomic E-state index is -0.224. The smallest absolute Gasteiger partial charge is 0.257 e. The van der Waals surface area contributed by atoms with Crippen LogP contribution in [0.1, 0.15) is 25.3 Å². The Bertz CT molecular complexity index is 344. The van der Waals surface area contributed by atoms with Gasteiger partial charge in [-0.05, 0) is 12.8 Å². The van der Waals surface area contributed by atoms with E-state index in [9.17, 15) is 4.79 Å². The number of unbranched alkanes of at least 4 members (excludes halogenated alkanes) is 1. The van der Waals surface area contributed by atoms with E-state index in [1.165, 1.54) is 0 Å². The van der Waals surface area contributed by atoms with E-state index in [4.69, 9.17) is 11.5 Å². The molecule has 0 unspecified atom stereocenters. The van der Waals surface area contributed by atoms with Gasteiger partial charge in [0.2, 0.25) is 5.95 Å². The largest absolute Gasteiger partial charge is 0.383 e. The Hall–Kier alpha value is -1.52. The molecular weight excluding hydrogens is 168 g/mol. The normalized spacial score (nSPS) is 10.2. The lowest BCUT2D eigenvalue weighted by atomic mass is 10.1. The van der Waals surface area contributed by atoms with Crippen LogP contribution in [0.25, 0.3) is 0 Å². The molecule has 0 fully saturated rings. The molecule has 5 nitrogen and oxygen atoms in total. The second kappa shape index (κ2) is 3.93. The van der Waals surface area contributed by atoms with Crippen LogP contribution >= 0.6 is 0 Å². The Balaban J connectivity index is 2.99. The van der Waals surface area contributed by atoms with Crippen LogP contribution in [0.4, 0.5) is 11.8 Å². The van der Waals surface area contributed by atoms with Crippen molar-refractivity contribution in [2.75, 3.05) is 11.5 Å². The molecule has 0 amide bonds. The summed E-state index contributed by atoms with van der Waals surface area (Å²) < 4.78 is 0. The minimum absolute atomic E-state index is 0.0720. The molecule has 72 valence electrons.